The summed E-state index contributed by atoms with van der Waals surface area (Å²) in [6.07, 6.45) is 2.24. The van der Waals surface area contributed by atoms with E-state index in [2.05, 4.69) is 20.3 Å². The largest absolute Gasteiger partial charge is 0.494 e. The molecular weight excluding hydrogens is 324 g/mol. The van der Waals surface area contributed by atoms with E-state index in [1.165, 1.54) is 11.3 Å². The first-order chi connectivity index (χ1) is 11.6. The number of hydrogen-bond acceptors (Lipinski definition) is 6. The SMILES string of the molecule is CCOc1ccc2nc(NC(=O)c3cnc(C)nc3CC)sc2c1. The molecule has 1 aromatic carbocycles. The molecule has 2 aromatic heterocycles. The molecule has 2 heterocycles. The highest BCUT2D eigenvalue weighted by molar-refractivity contribution is 7.22. The molecule has 1 amide bonds. The van der Waals surface area contributed by atoms with Crippen LogP contribution in [0.1, 0.15) is 35.7 Å². The third-order valence-electron chi connectivity index (χ3n) is 3.46. The lowest BCUT2D eigenvalue weighted by Crippen LogP contribution is -2.16. The van der Waals surface area contributed by atoms with E-state index in [1.54, 1.807) is 6.20 Å². The van der Waals surface area contributed by atoms with Crippen molar-refractivity contribution in [2.24, 2.45) is 0 Å². The number of aromatic nitrogens is 3. The zero-order chi connectivity index (χ0) is 17.1. The minimum Gasteiger partial charge on any atom is -0.494 e. The number of nitrogens with one attached hydrogen (secondary N) is 1. The molecule has 0 aliphatic heterocycles. The van der Waals surface area contributed by atoms with Gasteiger partial charge in [0.15, 0.2) is 5.13 Å². The molecule has 1 N–H and O–H groups in total. The van der Waals surface area contributed by atoms with Crippen LogP contribution in [0.5, 0.6) is 5.75 Å². The molecule has 124 valence electrons. The number of aryl methyl sites for hydroxylation is 2. The van der Waals surface area contributed by atoms with Crippen LogP contribution < -0.4 is 10.1 Å². The van der Waals surface area contributed by atoms with Gasteiger partial charge in [0, 0.05) is 6.20 Å². The number of carbonyl (C=O) groups excluding carboxylic acids is 1. The molecule has 0 atom stereocenters. The van der Waals surface area contributed by atoms with Gasteiger partial charge in [-0.3, -0.25) is 10.1 Å². The monoisotopic (exact) mass is 342 g/mol. The van der Waals surface area contributed by atoms with Crippen molar-refractivity contribution in [2.75, 3.05) is 11.9 Å². The Hall–Kier alpha value is -2.54. The summed E-state index contributed by atoms with van der Waals surface area (Å²) in [7, 11) is 0. The van der Waals surface area contributed by atoms with E-state index >= 15 is 0 Å². The summed E-state index contributed by atoms with van der Waals surface area (Å²) in [6, 6.07) is 5.69. The summed E-state index contributed by atoms with van der Waals surface area (Å²) in [5.74, 6) is 1.22. The first kappa shape index (κ1) is 16.3. The second-order valence-corrected chi connectivity index (χ2v) is 6.20. The Kier molecular flexibility index (Phi) is 4.71. The Morgan fingerprint density at radius 3 is 2.88 bits per heavy atom. The number of carbonyl (C=O) groups is 1. The van der Waals surface area contributed by atoms with E-state index in [9.17, 15) is 4.79 Å². The molecule has 6 nitrogen and oxygen atoms in total. The minimum absolute atomic E-state index is 0.240. The standard InChI is InChI=1S/C17H18N4O2S/c1-4-13-12(9-18-10(3)19-13)16(22)21-17-20-14-7-6-11(23-5-2)8-15(14)24-17/h6-9H,4-5H2,1-3H3,(H,20,21,22). The van der Waals surface area contributed by atoms with Crippen LogP contribution in [0.4, 0.5) is 5.13 Å². The van der Waals surface area contributed by atoms with Crippen LogP contribution in [0.15, 0.2) is 24.4 Å². The summed E-state index contributed by atoms with van der Waals surface area (Å²) in [6.45, 7) is 6.33. The fraction of sp³-hybridized carbons (Fsp3) is 0.294. The van der Waals surface area contributed by atoms with Gasteiger partial charge in [-0.25, -0.2) is 15.0 Å². The average Bonchev–Trinajstić information content (AvgIpc) is 2.96. The molecule has 0 aliphatic carbocycles. The first-order valence-corrected chi connectivity index (χ1v) is 8.59. The van der Waals surface area contributed by atoms with Crippen LogP contribution >= 0.6 is 11.3 Å². The van der Waals surface area contributed by atoms with Gasteiger partial charge in [0.25, 0.3) is 5.91 Å². The summed E-state index contributed by atoms with van der Waals surface area (Å²) < 4.78 is 6.46. The van der Waals surface area contributed by atoms with Crippen LogP contribution in [0.3, 0.4) is 0 Å². The summed E-state index contributed by atoms with van der Waals surface area (Å²) in [5.41, 5.74) is 2.05. The van der Waals surface area contributed by atoms with Crippen LogP contribution in [-0.4, -0.2) is 27.5 Å². The molecule has 0 fully saturated rings. The van der Waals surface area contributed by atoms with E-state index in [-0.39, 0.29) is 5.91 Å². The predicted octanol–water partition coefficient (Wildman–Crippen LogP) is 3.61. The van der Waals surface area contributed by atoms with Crippen molar-refractivity contribution < 1.29 is 9.53 Å². The van der Waals surface area contributed by atoms with Crippen LogP contribution in [-0.2, 0) is 6.42 Å². The Balaban J connectivity index is 1.85. The van der Waals surface area contributed by atoms with Crippen LogP contribution in [0.25, 0.3) is 10.2 Å². The fourth-order valence-electron chi connectivity index (χ4n) is 2.36. The molecule has 0 unspecified atom stereocenters. The van der Waals surface area contributed by atoms with Gasteiger partial charge in [-0.05, 0) is 38.5 Å². The number of hydrogen-bond donors (Lipinski definition) is 1. The lowest BCUT2D eigenvalue weighted by atomic mass is 10.2. The Bertz CT molecular complexity index is 891. The first-order valence-electron chi connectivity index (χ1n) is 7.78. The number of nitrogens with zero attached hydrogens (tertiary/aromatic N) is 3. The molecular formula is C17H18N4O2S. The molecule has 7 heteroatoms. The Morgan fingerprint density at radius 2 is 2.12 bits per heavy atom. The maximum absolute atomic E-state index is 12.5. The molecule has 0 saturated carbocycles. The highest BCUT2D eigenvalue weighted by atomic mass is 32.1. The van der Waals surface area contributed by atoms with E-state index in [4.69, 9.17) is 4.74 Å². The van der Waals surface area contributed by atoms with Crippen molar-refractivity contribution >= 4 is 32.6 Å². The van der Waals surface area contributed by atoms with E-state index in [0.717, 1.165) is 21.7 Å². The predicted molar refractivity (Wildman–Crippen MR) is 94.9 cm³/mol. The van der Waals surface area contributed by atoms with Gasteiger partial charge in [-0.1, -0.05) is 18.3 Å². The molecule has 0 aliphatic rings. The zero-order valence-electron chi connectivity index (χ0n) is 13.8. The number of amides is 1. The molecule has 0 radical (unpaired) electrons. The van der Waals surface area contributed by atoms with Crippen LogP contribution in [0.2, 0.25) is 0 Å². The maximum atomic E-state index is 12.5. The smallest absolute Gasteiger partial charge is 0.260 e. The number of anilines is 1. The van der Waals surface area contributed by atoms with E-state index in [1.807, 2.05) is 39.0 Å². The fourth-order valence-corrected chi connectivity index (χ4v) is 3.24. The highest BCUT2D eigenvalue weighted by Gasteiger charge is 2.15. The third kappa shape index (κ3) is 3.35. The van der Waals surface area contributed by atoms with Crippen molar-refractivity contribution in [3.05, 3.63) is 41.5 Å². The zero-order valence-corrected chi connectivity index (χ0v) is 14.6. The molecule has 0 saturated heterocycles. The third-order valence-corrected chi connectivity index (χ3v) is 4.39. The maximum Gasteiger partial charge on any atom is 0.260 e. The molecule has 24 heavy (non-hydrogen) atoms. The Labute approximate surface area is 143 Å². The van der Waals surface area contributed by atoms with Gasteiger partial charge in [-0.15, -0.1) is 0 Å². The number of thiazole rings is 1. The van der Waals surface area contributed by atoms with Gasteiger partial charge in [-0.2, -0.15) is 0 Å². The van der Waals surface area contributed by atoms with Crippen LogP contribution in [0, 0.1) is 6.92 Å². The van der Waals surface area contributed by atoms with Gasteiger partial charge < -0.3 is 4.74 Å². The summed E-state index contributed by atoms with van der Waals surface area (Å²) in [4.78, 5) is 25.4. The lowest BCUT2D eigenvalue weighted by molar-refractivity contribution is 0.102. The number of rotatable bonds is 5. The van der Waals surface area contributed by atoms with Gasteiger partial charge in [0.1, 0.15) is 11.6 Å². The molecule has 3 aromatic rings. The normalized spacial score (nSPS) is 10.8. The van der Waals surface area contributed by atoms with Crippen molar-refractivity contribution in [1.29, 1.82) is 0 Å². The van der Waals surface area contributed by atoms with Crippen molar-refractivity contribution in [2.45, 2.75) is 27.2 Å². The number of benzene rings is 1. The molecule has 0 bridgehead atoms. The topological polar surface area (TPSA) is 77.0 Å². The van der Waals surface area contributed by atoms with Crippen molar-refractivity contribution in [3.8, 4) is 5.75 Å². The van der Waals surface area contributed by atoms with Gasteiger partial charge in [0.2, 0.25) is 0 Å². The molecule has 3 rings (SSSR count). The van der Waals surface area contributed by atoms with Crippen molar-refractivity contribution in [1.82, 2.24) is 15.0 Å². The second kappa shape index (κ2) is 6.92. The lowest BCUT2D eigenvalue weighted by Gasteiger charge is -2.06. The van der Waals surface area contributed by atoms with E-state index < -0.39 is 0 Å². The van der Waals surface area contributed by atoms with E-state index in [0.29, 0.717) is 29.5 Å². The minimum atomic E-state index is -0.240. The highest BCUT2D eigenvalue weighted by Crippen LogP contribution is 2.29. The quantitative estimate of drug-likeness (QED) is 0.766. The van der Waals surface area contributed by atoms with Gasteiger partial charge in [0.05, 0.1) is 28.1 Å². The second-order valence-electron chi connectivity index (χ2n) is 5.17. The summed E-state index contributed by atoms with van der Waals surface area (Å²) in [5, 5.41) is 3.39. The van der Waals surface area contributed by atoms with Gasteiger partial charge >= 0.3 is 0 Å². The number of ether oxygens (including phenoxy) is 1. The molecule has 0 spiro atoms. The average molecular weight is 342 g/mol. The number of fused-ring (bicyclic) bond motifs is 1. The van der Waals surface area contributed by atoms with Crippen molar-refractivity contribution in [3.63, 3.8) is 0 Å². The summed E-state index contributed by atoms with van der Waals surface area (Å²) >= 11 is 1.41. The Morgan fingerprint density at radius 1 is 1.29 bits per heavy atom.